The largest absolute Gasteiger partial charge is 0.459 e. The van der Waals surface area contributed by atoms with Gasteiger partial charge < -0.3 is 9.47 Å². The molecule has 37 heavy (non-hydrogen) atoms. The summed E-state index contributed by atoms with van der Waals surface area (Å²) in [7, 11) is -3.97. The fourth-order valence-electron chi connectivity index (χ4n) is 3.37. The lowest BCUT2D eigenvalue weighted by Crippen LogP contribution is -2.47. The summed E-state index contributed by atoms with van der Waals surface area (Å²) in [5.74, 6) is -0.565. The van der Waals surface area contributed by atoms with Crippen LogP contribution in [0.1, 0.15) is 34.6 Å². The van der Waals surface area contributed by atoms with Gasteiger partial charge in [0.05, 0.1) is 4.90 Å². The molecule has 0 spiro atoms. The van der Waals surface area contributed by atoms with Crippen LogP contribution in [0.3, 0.4) is 0 Å². The van der Waals surface area contributed by atoms with Crippen LogP contribution in [0, 0.1) is 5.92 Å². The summed E-state index contributed by atoms with van der Waals surface area (Å²) in [6, 6.07) is 21.1. The highest BCUT2D eigenvalue weighted by molar-refractivity contribution is 7.89. The highest BCUT2D eigenvalue weighted by Crippen LogP contribution is 2.25. The monoisotopic (exact) mass is 524 g/mol. The lowest BCUT2D eigenvalue weighted by molar-refractivity contribution is -0.158. The summed E-state index contributed by atoms with van der Waals surface area (Å²) in [5, 5.41) is 2.64. The molecule has 0 aromatic heterocycles. The van der Waals surface area contributed by atoms with Crippen molar-refractivity contribution >= 4 is 27.8 Å². The highest BCUT2D eigenvalue weighted by atomic mass is 32.2. The van der Waals surface area contributed by atoms with Gasteiger partial charge in [-0.2, -0.15) is 4.72 Å². The van der Waals surface area contributed by atoms with Gasteiger partial charge in [0.15, 0.2) is 0 Å². The molecule has 1 amide bonds. The number of para-hydroxylation sites is 1. The fourth-order valence-corrected chi connectivity index (χ4v) is 4.70. The average Bonchev–Trinajstić information content (AvgIpc) is 2.82. The van der Waals surface area contributed by atoms with Crippen LogP contribution in [0.2, 0.25) is 0 Å². The van der Waals surface area contributed by atoms with E-state index in [-0.39, 0.29) is 10.8 Å². The third kappa shape index (κ3) is 8.16. The van der Waals surface area contributed by atoms with Crippen LogP contribution < -0.4 is 14.8 Å². The van der Waals surface area contributed by atoms with E-state index in [1.165, 1.54) is 12.1 Å². The van der Waals surface area contributed by atoms with Crippen LogP contribution in [0.4, 0.5) is 10.5 Å². The summed E-state index contributed by atoms with van der Waals surface area (Å²) in [6.07, 6.45) is -0.605. The highest BCUT2D eigenvalue weighted by Gasteiger charge is 2.32. The summed E-state index contributed by atoms with van der Waals surface area (Å²) in [4.78, 5) is 24.7. The molecule has 196 valence electrons. The molecule has 0 radical (unpaired) electrons. The maximum absolute atomic E-state index is 13.0. The Hall–Kier alpha value is -3.69. The molecular weight excluding hydrogens is 492 g/mol. The Kier molecular flexibility index (Phi) is 8.73. The van der Waals surface area contributed by atoms with Gasteiger partial charge in [0, 0.05) is 5.69 Å². The number of sulfonamides is 1. The third-order valence-corrected chi connectivity index (χ3v) is 6.65. The van der Waals surface area contributed by atoms with Gasteiger partial charge in [0.1, 0.15) is 17.4 Å². The molecule has 2 N–H and O–H groups in total. The maximum atomic E-state index is 13.0. The van der Waals surface area contributed by atoms with Gasteiger partial charge >= 0.3 is 12.1 Å². The first-order chi connectivity index (χ1) is 17.3. The second-order valence-electron chi connectivity index (χ2n) is 9.81. The topological polar surface area (TPSA) is 111 Å². The number of hydrogen-bond acceptors (Lipinski definition) is 6. The molecule has 1 unspecified atom stereocenters. The van der Waals surface area contributed by atoms with Crippen LogP contribution in [0.15, 0.2) is 83.8 Å². The number of benzene rings is 3. The molecule has 0 saturated heterocycles. The number of hydrogen-bond donors (Lipinski definition) is 2. The van der Waals surface area contributed by atoms with E-state index in [2.05, 4.69) is 10.0 Å². The fraction of sp³-hybridized carbons (Fsp3) is 0.286. The van der Waals surface area contributed by atoms with Gasteiger partial charge in [0.25, 0.3) is 0 Å². The Morgan fingerprint density at radius 1 is 0.811 bits per heavy atom. The molecule has 0 heterocycles. The minimum absolute atomic E-state index is 0.0306. The minimum atomic E-state index is -3.97. The number of amides is 1. The van der Waals surface area contributed by atoms with E-state index < -0.39 is 33.7 Å². The van der Waals surface area contributed by atoms with Gasteiger partial charge in [-0.05, 0) is 74.2 Å². The molecule has 9 heteroatoms. The van der Waals surface area contributed by atoms with E-state index in [9.17, 15) is 18.0 Å². The van der Waals surface area contributed by atoms with Crippen molar-refractivity contribution in [3.63, 3.8) is 0 Å². The quantitative estimate of drug-likeness (QED) is 0.371. The number of rotatable bonds is 8. The Bertz CT molecular complexity index is 1310. The van der Waals surface area contributed by atoms with Crippen molar-refractivity contribution in [3.8, 4) is 16.9 Å². The predicted octanol–water partition coefficient (Wildman–Crippen LogP) is 5.61. The van der Waals surface area contributed by atoms with Gasteiger partial charge in [-0.1, -0.05) is 56.3 Å². The average molecular weight is 525 g/mol. The van der Waals surface area contributed by atoms with Crippen molar-refractivity contribution < 1.29 is 27.5 Å². The molecule has 3 aromatic rings. The van der Waals surface area contributed by atoms with Gasteiger partial charge in [-0.3, -0.25) is 10.1 Å². The van der Waals surface area contributed by atoms with Gasteiger partial charge in [-0.25, -0.2) is 13.2 Å². The van der Waals surface area contributed by atoms with Crippen LogP contribution in [0.25, 0.3) is 11.1 Å². The Morgan fingerprint density at radius 3 is 1.86 bits per heavy atom. The van der Waals surface area contributed by atoms with Crippen molar-refractivity contribution in [2.24, 2.45) is 5.92 Å². The van der Waals surface area contributed by atoms with E-state index >= 15 is 0 Å². The van der Waals surface area contributed by atoms with Crippen molar-refractivity contribution in [1.29, 1.82) is 0 Å². The van der Waals surface area contributed by atoms with E-state index in [0.717, 1.165) is 11.1 Å². The number of ether oxygens (including phenoxy) is 2. The number of carbonyl (C=O) groups is 2. The number of nitrogens with one attached hydrogen (secondary N) is 2. The van der Waals surface area contributed by atoms with Gasteiger partial charge in [-0.15, -0.1) is 0 Å². The Morgan fingerprint density at radius 2 is 1.35 bits per heavy atom. The zero-order chi connectivity index (χ0) is 27.2. The second kappa shape index (κ2) is 11.6. The van der Waals surface area contributed by atoms with Crippen molar-refractivity contribution in [2.45, 2.75) is 51.2 Å². The Balaban J connectivity index is 1.67. The smallest absolute Gasteiger partial charge is 0.417 e. The first-order valence-electron chi connectivity index (χ1n) is 11.8. The molecule has 0 saturated carbocycles. The number of anilines is 1. The normalized spacial score (nSPS) is 12.6. The minimum Gasteiger partial charge on any atom is -0.459 e. The molecule has 0 bridgehead atoms. The summed E-state index contributed by atoms with van der Waals surface area (Å²) in [5.41, 5.74) is 1.47. The predicted molar refractivity (Wildman–Crippen MR) is 143 cm³/mol. The molecule has 3 rings (SSSR count). The summed E-state index contributed by atoms with van der Waals surface area (Å²) in [6.45, 7) is 8.69. The molecule has 8 nitrogen and oxygen atoms in total. The molecule has 0 fully saturated rings. The lowest BCUT2D eigenvalue weighted by Gasteiger charge is -2.26. The van der Waals surface area contributed by atoms with Crippen LogP contribution in [-0.2, 0) is 19.6 Å². The third-order valence-electron chi connectivity index (χ3n) is 5.19. The van der Waals surface area contributed by atoms with E-state index in [4.69, 9.17) is 9.47 Å². The second-order valence-corrected chi connectivity index (χ2v) is 11.5. The lowest BCUT2D eigenvalue weighted by atomic mass is 10.1. The zero-order valence-electron chi connectivity index (χ0n) is 21.5. The standard InChI is InChI=1S/C28H32N2O6S/c1-19(2)25(26(31)36-28(3,4)5)30-37(33,34)24-17-13-21(14-18-24)20-11-15-23(16-12-20)35-27(32)29-22-9-7-6-8-10-22/h6-19,25,30H,1-5H3,(H,29,32). The Labute approximate surface area is 218 Å². The molecular formula is C28H32N2O6S. The van der Waals surface area contributed by atoms with Crippen LogP contribution in [0.5, 0.6) is 5.75 Å². The molecule has 0 aliphatic rings. The van der Waals surface area contributed by atoms with Crippen LogP contribution >= 0.6 is 0 Å². The van der Waals surface area contributed by atoms with Crippen molar-refractivity contribution in [3.05, 3.63) is 78.9 Å². The summed E-state index contributed by atoms with van der Waals surface area (Å²) < 4.78 is 39.1. The van der Waals surface area contributed by atoms with E-state index in [0.29, 0.717) is 11.4 Å². The molecule has 0 aliphatic carbocycles. The first-order valence-corrected chi connectivity index (χ1v) is 13.3. The summed E-state index contributed by atoms with van der Waals surface area (Å²) >= 11 is 0. The van der Waals surface area contributed by atoms with E-state index in [1.807, 2.05) is 6.07 Å². The van der Waals surface area contributed by atoms with Crippen molar-refractivity contribution in [2.75, 3.05) is 5.32 Å². The molecule has 1 atom stereocenters. The molecule has 3 aromatic carbocycles. The number of esters is 1. The van der Waals surface area contributed by atoms with Crippen LogP contribution in [-0.4, -0.2) is 32.1 Å². The van der Waals surface area contributed by atoms with Gasteiger partial charge in [0.2, 0.25) is 10.0 Å². The van der Waals surface area contributed by atoms with Crippen molar-refractivity contribution in [1.82, 2.24) is 4.72 Å². The SMILES string of the molecule is CC(C)C(NS(=O)(=O)c1ccc(-c2ccc(OC(=O)Nc3ccccc3)cc2)cc1)C(=O)OC(C)(C)C. The maximum Gasteiger partial charge on any atom is 0.417 e. The molecule has 0 aliphatic heterocycles. The first kappa shape index (κ1) is 27.9. The van der Waals surface area contributed by atoms with E-state index in [1.54, 1.807) is 95.3 Å². The zero-order valence-corrected chi connectivity index (χ0v) is 22.3. The number of carbonyl (C=O) groups excluding carboxylic acids is 2.